The van der Waals surface area contributed by atoms with Crippen LogP contribution in [0.25, 0.3) is 49.8 Å². The standard InChI is InChI=1S/C61H42N2O/c1-6-22-41(23-7-1)56-58-48-34-20-38-52(60(48)63(45-30-14-5-15-31-45)53(58)40-55-59(56)47-33-17-19-39-54(47)64-55)62(44-28-12-4-13-29-44)51-37-21-36-50-57(51)46-32-16-18-35-49(46)61(50,42-24-8-2-9-25-42)43-26-10-3-11-27-43/h1-40,52,60H. The van der Waals surface area contributed by atoms with Gasteiger partial charge in [-0.15, -0.1) is 0 Å². The molecule has 2 atom stereocenters. The third-order valence-electron chi connectivity index (χ3n) is 13.8. The summed E-state index contributed by atoms with van der Waals surface area (Å²) in [5.74, 6) is 0. The van der Waals surface area contributed by atoms with Gasteiger partial charge in [-0.25, -0.2) is 0 Å². The van der Waals surface area contributed by atoms with E-state index in [1.807, 2.05) is 0 Å². The van der Waals surface area contributed by atoms with E-state index in [1.54, 1.807) is 0 Å². The van der Waals surface area contributed by atoms with Gasteiger partial charge in [0, 0.05) is 50.6 Å². The van der Waals surface area contributed by atoms with Gasteiger partial charge in [-0.3, -0.25) is 0 Å². The molecule has 3 aliphatic rings. The van der Waals surface area contributed by atoms with Crippen LogP contribution in [0.15, 0.2) is 247 Å². The van der Waals surface area contributed by atoms with E-state index in [-0.39, 0.29) is 12.1 Å². The summed E-state index contributed by atoms with van der Waals surface area (Å²) in [4.78, 5) is 5.21. The van der Waals surface area contributed by atoms with Gasteiger partial charge in [0.15, 0.2) is 0 Å². The van der Waals surface area contributed by atoms with Crippen LogP contribution in [0.3, 0.4) is 0 Å². The van der Waals surface area contributed by atoms with Crippen molar-refractivity contribution < 1.29 is 4.42 Å². The van der Waals surface area contributed by atoms with Crippen LogP contribution in [-0.2, 0) is 5.41 Å². The number of anilines is 4. The Labute approximate surface area is 373 Å². The Morgan fingerprint density at radius 2 is 1.11 bits per heavy atom. The summed E-state index contributed by atoms with van der Waals surface area (Å²) in [7, 11) is 0. The van der Waals surface area contributed by atoms with Crippen molar-refractivity contribution in [3.63, 3.8) is 0 Å². The molecule has 3 nitrogen and oxygen atoms in total. The van der Waals surface area contributed by atoms with E-state index in [9.17, 15) is 0 Å². The predicted molar refractivity (Wildman–Crippen MR) is 265 cm³/mol. The summed E-state index contributed by atoms with van der Waals surface area (Å²) in [5.41, 5.74) is 18.4. The maximum atomic E-state index is 6.79. The molecule has 64 heavy (non-hydrogen) atoms. The number of hydrogen-bond donors (Lipinski definition) is 0. The molecule has 0 saturated carbocycles. The Bertz CT molecular complexity index is 3410. The zero-order valence-electron chi connectivity index (χ0n) is 35.1. The van der Waals surface area contributed by atoms with Crippen LogP contribution in [0, 0.1) is 0 Å². The monoisotopic (exact) mass is 818 g/mol. The van der Waals surface area contributed by atoms with Gasteiger partial charge in [-0.2, -0.15) is 0 Å². The number of fused-ring (bicyclic) bond motifs is 9. The fourth-order valence-electron chi connectivity index (χ4n) is 11.4. The van der Waals surface area contributed by atoms with Gasteiger partial charge < -0.3 is 14.2 Å². The number of nitrogens with zero attached hydrogens (tertiary/aromatic N) is 2. The molecule has 0 N–H and O–H groups in total. The Morgan fingerprint density at radius 1 is 0.500 bits per heavy atom. The van der Waals surface area contributed by atoms with E-state index in [4.69, 9.17) is 4.42 Å². The van der Waals surface area contributed by atoms with E-state index in [0.29, 0.717) is 0 Å². The lowest BCUT2D eigenvalue weighted by atomic mass is 9.68. The Morgan fingerprint density at radius 3 is 1.84 bits per heavy atom. The lowest BCUT2D eigenvalue weighted by Gasteiger charge is -2.42. The molecular weight excluding hydrogens is 777 g/mol. The minimum atomic E-state index is -0.526. The molecule has 13 rings (SSSR count). The maximum absolute atomic E-state index is 6.79. The van der Waals surface area contributed by atoms with Crippen LogP contribution in [-0.4, -0.2) is 12.1 Å². The second-order valence-electron chi connectivity index (χ2n) is 17.1. The second kappa shape index (κ2) is 14.5. The van der Waals surface area contributed by atoms with Crippen molar-refractivity contribution in [2.75, 3.05) is 9.80 Å². The van der Waals surface area contributed by atoms with Gasteiger partial charge in [0.25, 0.3) is 0 Å². The van der Waals surface area contributed by atoms with Crippen LogP contribution in [0.2, 0.25) is 0 Å². The molecule has 2 heterocycles. The molecule has 0 saturated heterocycles. The van der Waals surface area contributed by atoms with Gasteiger partial charge in [-0.1, -0.05) is 200 Å². The molecule has 2 aliphatic carbocycles. The largest absolute Gasteiger partial charge is 0.456 e. The SMILES string of the molecule is C1=CC(N(c2ccccc2)c2cccc3c2-c2ccccc2C3(c2ccccc2)c2ccccc2)C2C(=C1)c1c(cc3oc4ccccc4c3c1-c1ccccc1)N2c1ccccc1. The third-order valence-corrected chi connectivity index (χ3v) is 13.8. The molecule has 2 unspecified atom stereocenters. The molecule has 10 aromatic rings. The number of para-hydroxylation sites is 3. The minimum Gasteiger partial charge on any atom is -0.456 e. The number of hydrogen-bond acceptors (Lipinski definition) is 3. The van der Waals surface area contributed by atoms with Crippen molar-refractivity contribution in [3.05, 3.63) is 271 Å². The number of allylic oxidation sites excluding steroid dienone is 2. The fraction of sp³-hybridized carbons (Fsp3) is 0.0492. The van der Waals surface area contributed by atoms with Crippen LogP contribution < -0.4 is 9.80 Å². The Hall–Kier alpha value is -8.14. The first-order valence-electron chi connectivity index (χ1n) is 22.3. The highest BCUT2D eigenvalue weighted by atomic mass is 16.3. The molecule has 0 fully saturated rings. The normalized spacial score (nSPS) is 16.6. The van der Waals surface area contributed by atoms with Crippen molar-refractivity contribution in [3.8, 4) is 22.3 Å². The highest BCUT2D eigenvalue weighted by Gasteiger charge is 2.49. The van der Waals surface area contributed by atoms with Crippen LogP contribution in [0.1, 0.15) is 27.8 Å². The summed E-state index contributed by atoms with van der Waals surface area (Å²) < 4.78 is 6.79. The molecule has 0 radical (unpaired) electrons. The van der Waals surface area contributed by atoms with Gasteiger partial charge >= 0.3 is 0 Å². The minimum absolute atomic E-state index is 0.108. The van der Waals surface area contributed by atoms with E-state index >= 15 is 0 Å². The lowest BCUT2D eigenvalue weighted by Crippen LogP contribution is -2.47. The average molecular weight is 819 g/mol. The summed E-state index contributed by atoms with van der Waals surface area (Å²) in [6.45, 7) is 0. The van der Waals surface area contributed by atoms with Crippen LogP contribution in [0.4, 0.5) is 22.7 Å². The van der Waals surface area contributed by atoms with Gasteiger partial charge in [-0.05, 0) is 75.4 Å². The lowest BCUT2D eigenvalue weighted by molar-refractivity contribution is 0.667. The first-order valence-corrected chi connectivity index (χ1v) is 22.3. The molecule has 1 aliphatic heterocycles. The third kappa shape index (κ3) is 5.22. The van der Waals surface area contributed by atoms with Crippen molar-refractivity contribution in [1.29, 1.82) is 0 Å². The summed E-state index contributed by atoms with van der Waals surface area (Å²) in [5, 5.41) is 2.28. The highest BCUT2D eigenvalue weighted by Crippen LogP contribution is 2.61. The first kappa shape index (κ1) is 36.5. The Kier molecular flexibility index (Phi) is 8.26. The average Bonchev–Trinajstić information content (AvgIpc) is 4.02. The molecule has 0 amide bonds. The van der Waals surface area contributed by atoms with Gasteiger partial charge in [0.2, 0.25) is 0 Å². The zero-order chi connectivity index (χ0) is 42.2. The van der Waals surface area contributed by atoms with E-state index in [2.05, 4.69) is 252 Å². The zero-order valence-corrected chi connectivity index (χ0v) is 35.1. The van der Waals surface area contributed by atoms with E-state index in [0.717, 1.165) is 39.0 Å². The Balaban J connectivity index is 1.09. The second-order valence-corrected chi connectivity index (χ2v) is 17.1. The van der Waals surface area contributed by atoms with E-state index in [1.165, 1.54) is 61.3 Å². The van der Waals surface area contributed by atoms with Crippen LogP contribution >= 0.6 is 0 Å². The topological polar surface area (TPSA) is 19.6 Å². The molecule has 0 bridgehead atoms. The number of benzene rings is 9. The van der Waals surface area contributed by atoms with Crippen LogP contribution in [0.5, 0.6) is 0 Å². The van der Waals surface area contributed by atoms with E-state index < -0.39 is 5.41 Å². The molecular formula is C61H42N2O. The van der Waals surface area contributed by atoms with Crippen molar-refractivity contribution in [2.45, 2.75) is 17.5 Å². The molecule has 302 valence electrons. The first-order chi connectivity index (χ1) is 31.8. The summed E-state index contributed by atoms with van der Waals surface area (Å²) in [6.07, 6.45) is 7.09. The molecule has 0 spiro atoms. The molecule has 9 aromatic carbocycles. The van der Waals surface area contributed by atoms with Crippen molar-refractivity contribution >= 4 is 50.3 Å². The summed E-state index contributed by atoms with van der Waals surface area (Å²) in [6, 6.07) is 81.7. The predicted octanol–water partition coefficient (Wildman–Crippen LogP) is 15.3. The molecule has 1 aromatic heterocycles. The molecule has 3 heteroatoms. The number of rotatable bonds is 7. The van der Waals surface area contributed by atoms with Gasteiger partial charge in [0.1, 0.15) is 11.2 Å². The maximum Gasteiger partial charge on any atom is 0.138 e. The van der Waals surface area contributed by atoms with Crippen molar-refractivity contribution in [2.24, 2.45) is 0 Å². The smallest absolute Gasteiger partial charge is 0.138 e. The summed E-state index contributed by atoms with van der Waals surface area (Å²) >= 11 is 0. The highest BCUT2D eigenvalue weighted by molar-refractivity contribution is 6.19. The number of furan rings is 1. The van der Waals surface area contributed by atoms with Gasteiger partial charge in [0.05, 0.1) is 23.2 Å². The fourth-order valence-corrected chi connectivity index (χ4v) is 11.4. The quantitative estimate of drug-likeness (QED) is 0.160. The van der Waals surface area contributed by atoms with Crippen molar-refractivity contribution in [1.82, 2.24) is 0 Å².